The topological polar surface area (TPSA) is 0 Å². The number of rotatable bonds is 0. The predicted molar refractivity (Wildman–Crippen MR) is 61.4 cm³/mol. The monoisotopic (exact) mass is 208 g/mol. The molecule has 0 heterocycles. The largest absolute Gasteiger partial charge is 0.175 e. The van der Waals surface area contributed by atoms with E-state index in [1.54, 1.807) is 12.8 Å². The third kappa shape index (κ3) is 0.809. The molecular formula is C13H20S. The van der Waals surface area contributed by atoms with Gasteiger partial charge < -0.3 is 0 Å². The molecule has 0 aromatic heterocycles. The van der Waals surface area contributed by atoms with Gasteiger partial charge in [0, 0.05) is 5.25 Å². The third-order valence-corrected chi connectivity index (χ3v) is 6.77. The first kappa shape index (κ1) is 8.50. The van der Waals surface area contributed by atoms with Gasteiger partial charge in [0.05, 0.1) is 0 Å². The maximum Gasteiger partial charge on any atom is 0.00790 e. The molecular weight excluding hydrogens is 188 g/mol. The Bertz CT molecular complexity index is 236. The zero-order chi connectivity index (χ0) is 9.28. The van der Waals surface area contributed by atoms with E-state index in [9.17, 15) is 0 Å². The van der Waals surface area contributed by atoms with Crippen LogP contribution in [0.2, 0.25) is 0 Å². The van der Waals surface area contributed by atoms with Gasteiger partial charge in [-0.2, -0.15) is 12.6 Å². The fraction of sp³-hybridized carbons (Fsp3) is 1.00. The number of hydrogen-bond donors (Lipinski definition) is 1. The minimum absolute atomic E-state index is 0.801. The molecule has 4 aliphatic carbocycles. The lowest BCUT2D eigenvalue weighted by atomic mass is 9.48. The van der Waals surface area contributed by atoms with E-state index in [1.165, 1.54) is 25.7 Å². The molecule has 1 heteroatoms. The summed E-state index contributed by atoms with van der Waals surface area (Å²) in [4.78, 5) is 0. The molecule has 6 unspecified atom stereocenters. The minimum atomic E-state index is 0.801. The summed E-state index contributed by atoms with van der Waals surface area (Å²) in [5.41, 5.74) is 0. The van der Waals surface area contributed by atoms with Gasteiger partial charge in [0.1, 0.15) is 0 Å². The average molecular weight is 208 g/mol. The van der Waals surface area contributed by atoms with Crippen molar-refractivity contribution < 1.29 is 0 Å². The Morgan fingerprint density at radius 2 is 1.14 bits per heavy atom. The summed E-state index contributed by atoms with van der Waals surface area (Å²) < 4.78 is 0. The smallest absolute Gasteiger partial charge is 0.00790 e. The van der Waals surface area contributed by atoms with Gasteiger partial charge in [-0.25, -0.2) is 0 Å². The van der Waals surface area contributed by atoms with Crippen molar-refractivity contribution in [3.05, 3.63) is 0 Å². The first-order chi connectivity index (χ1) is 6.88. The van der Waals surface area contributed by atoms with Crippen molar-refractivity contribution in [1.82, 2.24) is 0 Å². The number of hydrogen-bond acceptors (Lipinski definition) is 1. The normalized spacial score (nSPS) is 64.5. The van der Waals surface area contributed by atoms with E-state index < -0.39 is 0 Å². The van der Waals surface area contributed by atoms with Gasteiger partial charge in [0.2, 0.25) is 0 Å². The SMILES string of the molecule is SC1C2CCC1C1C3CCCCC3C21. The maximum atomic E-state index is 4.88. The number of fused-ring (bicyclic) bond motifs is 8. The molecule has 0 nitrogen and oxygen atoms in total. The van der Waals surface area contributed by atoms with Gasteiger partial charge in [-0.15, -0.1) is 0 Å². The second-order valence-electron chi connectivity index (χ2n) is 6.16. The second kappa shape index (κ2) is 2.72. The van der Waals surface area contributed by atoms with Gasteiger partial charge >= 0.3 is 0 Å². The van der Waals surface area contributed by atoms with E-state index in [1.807, 2.05) is 0 Å². The fourth-order valence-electron chi connectivity index (χ4n) is 5.66. The van der Waals surface area contributed by atoms with Crippen LogP contribution in [0.5, 0.6) is 0 Å². The van der Waals surface area contributed by atoms with Crippen LogP contribution < -0.4 is 0 Å². The van der Waals surface area contributed by atoms with E-state index in [-0.39, 0.29) is 0 Å². The first-order valence-corrected chi connectivity index (χ1v) is 7.07. The third-order valence-electron chi connectivity index (χ3n) is 6.01. The quantitative estimate of drug-likeness (QED) is 0.580. The molecule has 4 fully saturated rings. The molecule has 4 aliphatic rings. The van der Waals surface area contributed by atoms with Crippen molar-refractivity contribution in [2.45, 2.75) is 43.8 Å². The Balaban J connectivity index is 1.66. The van der Waals surface area contributed by atoms with E-state index in [0.29, 0.717) is 0 Å². The van der Waals surface area contributed by atoms with Gasteiger partial charge in [-0.1, -0.05) is 12.8 Å². The van der Waals surface area contributed by atoms with E-state index >= 15 is 0 Å². The highest BCUT2D eigenvalue weighted by molar-refractivity contribution is 7.81. The van der Waals surface area contributed by atoms with Crippen molar-refractivity contribution >= 4 is 12.6 Å². The van der Waals surface area contributed by atoms with E-state index in [2.05, 4.69) is 0 Å². The van der Waals surface area contributed by atoms with Crippen LogP contribution in [0.3, 0.4) is 0 Å². The predicted octanol–water partition coefficient (Wildman–Crippen LogP) is 3.38. The van der Waals surface area contributed by atoms with E-state index in [4.69, 9.17) is 12.6 Å². The van der Waals surface area contributed by atoms with Crippen molar-refractivity contribution in [3.8, 4) is 0 Å². The molecule has 0 saturated heterocycles. The van der Waals surface area contributed by atoms with Crippen LogP contribution in [0.15, 0.2) is 0 Å². The summed E-state index contributed by atoms with van der Waals surface area (Å²) in [5, 5.41) is 0.801. The van der Waals surface area contributed by atoms with Gasteiger partial charge in [0.25, 0.3) is 0 Å². The molecule has 0 aliphatic heterocycles. The molecule has 14 heavy (non-hydrogen) atoms. The highest BCUT2D eigenvalue weighted by Gasteiger charge is 2.65. The molecule has 4 saturated carbocycles. The minimum Gasteiger partial charge on any atom is -0.175 e. The first-order valence-electron chi connectivity index (χ1n) is 6.56. The second-order valence-corrected chi connectivity index (χ2v) is 6.76. The van der Waals surface area contributed by atoms with Gasteiger partial charge in [0.15, 0.2) is 0 Å². The van der Waals surface area contributed by atoms with Crippen LogP contribution in [0, 0.1) is 35.5 Å². The maximum absolute atomic E-state index is 4.88. The summed E-state index contributed by atoms with van der Waals surface area (Å²) in [6.07, 6.45) is 9.22. The standard InChI is InChI=1S/C13H20S/c14-13-9-5-6-10(13)12-8-4-2-1-3-7(8)11(9)12/h7-14H,1-6H2. The van der Waals surface area contributed by atoms with Crippen LogP contribution in [0.25, 0.3) is 0 Å². The molecule has 4 rings (SSSR count). The zero-order valence-corrected chi connectivity index (χ0v) is 9.63. The Labute approximate surface area is 92.3 Å². The van der Waals surface area contributed by atoms with Crippen LogP contribution in [-0.4, -0.2) is 5.25 Å². The molecule has 0 radical (unpaired) electrons. The molecule has 0 amide bonds. The number of thiol groups is 1. The Kier molecular flexibility index (Phi) is 1.65. The lowest BCUT2D eigenvalue weighted by Crippen LogP contribution is -2.51. The Morgan fingerprint density at radius 3 is 1.64 bits per heavy atom. The van der Waals surface area contributed by atoms with Crippen molar-refractivity contribution in [3.63, 3.8) is 0 Å². The average Bonchev–Trinajstić information content (AvgIpc) is 2.65. The molecule has 78 valence electrons. The van der Waals surface area contributed by atoms with Crippen LogP contribution >= 0.6 is 12.6 Å². The lowest BCUT2D eigenvalue weighted by molar-refractivity contribution is -0.0850. The molecule has 6 atom stereocenters. The Morgan fingerprint density at radius 1 is 0.643 bits per heavy atom. The Hall–Kier alpha value is 0.350. The molecule has 0 aromatic carbocycles. The lowest BCUT2D eigenvalue weighted by Gasteiger charge is -2.57. The summed E-state index contributed by atoms with van der Waals surface area (Å²) in [7, 11) is 0. The van der Waals surface area contributed by atoms with Crippen molar-refractivity contribution in [2.24, 2.45) is 35.5 Å². The summed E-state index contributed by atoms with van der Waals surface area (Å²) in [6, 6.07) is 0. The molecule has 0 N–H and O–H groups in total. The highest BCUT2D eigenvalue weighted by atomic mass is 32.1. The van der Waals surface area contributed by atoms with Crippen molar-refractivity contribution in [2.75, 3.05) is 0 Å². The van der Waals surface area contributed by atoms with Gasteiger partial charge in [-0.05, 0) is 61.2 Å². The summed E-state index contributed by atoms with van der Waals surface area (Å²) in [6.45, 7) is 0. The highest BCUT2D eigenvalue weighted by Crippen LogP contribution is 2.70. The van der Waals surface area contributed by atoms with E-state index in [0.717, 1.165) is 40.8 Å². The van der Waals surface area contributed by atoms with Crippen LogP contribution in [-0.2, 0) is 0 Å². The summed E-state index contributed by atoms with van der Waals surface area (Å²) >= 11 is 4.88. The molecule has 0 spiro atoms. The van der Waals surface area contributed by atoms with Crippen molar-refractivity contribution in [1.29, 1.82) is 0 Å². The van der Waals surface area contributed by atoms with Crippen LogP contribution in [0.1, 0.15) is 38.5 Å². The molecule has 0 aromatic rings. The zero-order valence-electron chi connectivity index (χ0n) is 8.73. The molecule has 2 bridgehead atoms. The fourth-order valence-corrected chi connectivity index (χ4v) is 6.36. The van der Waals surface area contributed by atoms with Gasteiger partial charge in [-0.3, -0.25) is 0 Å². The summed E-state index contributed by atoms with van der Waals surface area (Å²) in [5.74, 6) is 6.65. The van der Waals surface area contributed by atoms with Crippen LogP contribution in [0.4, 0.5) is 0 Å².